The monoisotopic (exact) mass is 1330 g/mol. The highest BCUT2D eigenvalue weighted by molar-refractivity contribution is 7.92. The van der Waals surface area contributed by atoms with E-state index in [1.165, 1.54) is 45.2 Å². The summed E-state index contributed by atoms with van der Waals surface area (Å²) in [6.45, 7) is 9.69. The first-order valence-electron chi connectivity index (χ1n) is 27.9. The second-order valence-corrected chi connectivity index (χ2v) is 27.3. The summed E-state index contributed by atoms with van der Waals surface area (Å²) < 4.78 is 187. The molecule has 0 spiro atoms. The van der Waals surface area contributed by atoms with Crippen LogP contribution in [0.15, 0.2) is 59.4 Å². The average Bonchev–Trinajstić information content (AvgIpc) is 1.51. The molecule has 32 heteroatoms. The van der Waals surface area contributed by atoms with Gasteiger partial charge in [0.05, 0.1) is 64.5 Å². The van der Waals surface area contributed by atoms with Crippen LogP contribution in [0.2, 0.25) is 5.02 Å². The van der Waals surface area contributed by atoms with Crippen molar-refractivity contribution in [3.05, 3.63) is 127 Å². The van der Waals surface area contributed by atoms with E-state index in [1.807, 2.05) is 0 Å². The van der Waals surface area contributed by atoms with Gasteiger partial charge in [-0.2, -0.15) is 28.3 Å². The zero-order valence-corrected chi connectivity index (χ0v) is 52.3. The molecule has 2 N–H and O–H groups in total. The van der Waals surface area contributed by atoms with Gasteiger partial charge in [0, 0.05) is 60.9 Å². The Morgan fingerprint density at radius 3 is 2.22 bits per heavy atom. The Morgan fingerprint density at radius 1 is 0.967 bits per heavy atom. The molecule has 484 valence electrons. The Balaban J connectivity index is 1.22. The number of carbonyl (C=O) groups excluding carboxylic acids is 2. The Bertz CT molecular complexity index is 4240. The number of hydrogen-bond donors (Lipinski definition) is 2. The fourth-order valence-corrected chi connectivity index (χ4v) is 14.1. The minimum atomic E-state index is -4.83. The number of phosphoric ester groups is 1. The predicted molar refractivity (Wildman–Crippen MR) is 311 cm³/mol. The van der Waals surface area contributed by atoms with E-state index in [0.717, 1.165) is 33.5 Å². The number of nitrogens with one attached hydrogen (secondary N) is 1. The van der Waals surface area contributed by atoms with Crippen LogP contribution in [0.3, 0.4) is 0 Å². The molecule has 0 radical (unpaired) electrons. The molecule has 0 bridgehead atoms. The number of halogens is 9. The third kappa shape index (κ3) is 13.9. The topological polar surface area (TPSA) is 258 Å². The number of alkyl halides is 6. The number of amides is 2. The molecule has 9 rings (SSSR count). The number of anilines is 1. The van der Waals surface area contributed by atoms with Gasteiger partial charge in [-0.15, -0.1) is 0 Å². The number of benzene rings is 3. The van der Waals surface area contributed by atoms with Crippen molar-refractivity contribution >= 4 is 75.0 Å². The van der Waals surface area contributed by atoms with Gasteiger partial charge in [-0.1, -0.05) is 31.5 Å². The van der Waals surface area contributed by atoms with E-state index in [2.05, 4.69) is 25.5 Å². The van der Waals surface area contributed by atoms with E-state index < -0.39 is 180 Å². The van der Waals surface area contributed by atoms with Crippen LogP contribution in [-0.2, 0) is 75.8 Å². The molecular weight excluding hydrogens is 1270 g/mol. The van der Waals surface area contributed by atoms with Crippen LogP contribution in [0.1, 0.15) is 131 Å². The average molecular weight is 1330 g/mol. The molecule has 1 saturated carbocycles. The van der Waals surface area contributed by atoms with Crippen LogP contribution in [-0.4, -0.2) is 96.4 Å². The summed E-state index contributed by atoms with van der Waals surface area (Å²) in [4.78, 5) is 66.5. The lowest BCUT2D eigenvalue weighted by molar-refractivity contribution is -0.136. The maximum atomic E-state index is 15.8. The second kappa shape index (κ2) is 24.6. The van der Waals surface area contributed by atoms with Gasteiger partial charge in [-0.3, -0.25) is 42.2 Å². The molecular formula is C58H61ClF8N9O12PS. The van der Waals surface area contributed by atoms with Crippen LogP contribution in [0, 0.1) is 24.5 Å². The Kier molecular flexibility index (Phi) is 18.3. The lowest BCUT2D eigenvalue weighted by Crippen LogP contribution is -2.40. The Hall–Kier alpha value is -7.53. The smallest absolute Gasteiger partial charge is 0.481 e. The number of phosphoric acid groups is 1. The van der Waals surface area contributed by atoms with Crippen LogP contribution in [0.25, 0.3) is 27.6 Å². The Labute approximate surface area is 514 Å². The van der Waals surface area contributed by atoms with Crippen molar-refractivity contribution < 1.29 is 85.9 Å². The first kappa shape index (κ1) is 66.9. The highest BCUT2D eigenvalue weighted by Gasteiger charge is 2.67. The molecule has 0 unspecified atom stereocenters. The van der Waals surface area contributed by atoms with Gasteiger partial charge >= 0.3 is 13.8 Å². The number of ether oxygens (including phenoxy) is 1. The number of carbonyl (C=O) groups is 3. The molecule has 90 heavy (non-hydrogen) atoms. The standard InChI is InChI=1S/C58H61ClF8N9O12PS/c1-27(2)86-89(82,87-28(3)4)88-40-18-29(5)17-31(22-44(79)80)47(40)56(6,7)25-43(78)76(90(10,83)84)54-46-37(59)12-13-39(49(46)73(9)72-54)75-53(70-52-34(55(75)81)11-14-42(69-52)85-16-15-57(8,64)65)38(21-30-19-32(60)23-33(61)20-30)68-41(77)26-74-50-45(48(71-74)51(62)63)35-24-36(35)58(50,66)67/h11-14,17-20,23,27-28,35-36,38,51H,15-16,21-22,24-26H2,1-10H3,(H,68,77)(H,79,80)/t35-,36+,38-/m0/s1. The molecule has 1 fully saturated rings. The van der Waals surface area contributed by atoms with E-state index in [0.29, 0.717) is 33.8 Å². The third-order valence-corrected chi connectivity index (χ3v) is 17.8. The summed E-state index contributed by atoms with van der Waals surface area (Å²) in [5.74, 6) is -16.9. The van der Waals surface area contributed by atoms with Crippen molar-refractivity contribution in [3.63, 3.8) is 0 Å². The molecule has 7 aromatic rings. The normalized spacial score (nSPS) is 16.1. The largest absolute Gasteiger partial charge is 0.530 e. The first-order valence-corrected chi connectivity index (χ1v) is 31.6. The molecule has 3 atom stereocenters. The van der Waals surface area contributed by atoms with Crippen molar-refractivity contribution in [2.45, 2.75) is 142 Å². The molecule has 2 amide bonds. The second-order valence-electron chi connectivity index (χ2n) is 23.5. The predicted octanol–water partition coefficient (Wildman–Crippen LogP) is 11.4. The van der Waals surface area contributed by atoms with Crippen LogP contribution in [0.4, 0.5) is 40.9 Å². The van der Waals surface area contributed by atoms with Crippen LogP contribution >= 0.6 is 19.4 Å². The number of aromatic nitrogens is 7. The van der Waals surface area contributed by atoms with Gasteiger partial charge in [0.25, 0.3) is 17.9 Å². The summed E-state index contributed by atoms with van der Waals surface area (Å²) in [5.41, 5.74) is -5.71. The van der Waals surface area contributed by atoms with Crippen molar-refractivity contribution in [1.29, 1.82) is 0 Å². The highest BCUT2D eigenvalue weighted by atomic mass is 35.5. The van der Waals surface area contributed by atoms with Crippen molar-refractivity contribution in [2.24, 2.45) is 13.0 Å². The summed E-state index contributed by atoms with van der Waals surface area (Å²) >= 11 is 6.98. The van der Waals surface area contributed by atoms with Gasteiger partial charge in [0.1, 0.15) is 41.1 Å². The molecule has 2 aliphatic rings. The van der Waals surface area contributed by atoms with E-state index in [4.69, 9.17) is 29.9 Å². The van der Waals surface area contributed by atoms with Crippen molar-refractivity contribution in [3.8, 4) is 17.3 Å². The SMILES string of the molecule is Cc1cc(CC(=O)O)c(C(C)(C)CC(=O)N(c2nn(C)c3c(-n4c([C@H](Cc5cc(F)cc(F)c5)NC(=O)Cn5nc(C(F)F)c6c5C(F)(F)[C@@H]5C[C@H]65)nc5nc(OCCC(C)(F)F)ccc5c4=O)ccc(Cl)c23)S(C)(=O)=O)c(OP(=O)(OC(C)C)OC(C)C)c1. The number of hydrogen-bond acceptors (Lipinski definition) is 15. The summed E-state index contributed by atoms with van der Waals surface area (Å²) in [7, 11) is -8.10. The third-order valence-electron chi connectivity index (χ3n) is 14.7. The number of rotatable bonds is 25. The quantitative estimate of drug-likeness (QED) is 0.0398. The highest BCUT2D eigenvalue weighted by Crippen LogP contribution is 2.68. The molecule has 4 heterocycles. The number of sulfonamides is 1. The molecule has 3 aromatic carbocycles. The van der Waals surface area contributed by atoms with Gasteiger partial charge in [0.2, 0.25) is 33.6 Å². The fourth-order valence-electron chi connectivity index (χ4n) is 11.4. The number of aliphatic carboxylic acids is 1. The summed E-state index contributed by atoms with van der Waals surface area (Å²) in [6, 6.07) is 8.02. The van der Waals surface area contributed by atoms with E-state index in [1.54, 1.807) is 34.6 Å². The summed E-state index contributed by atoms with van der Waals surface area (Å²) in [6.07, 6.45) is -7.15. The minimum Gasteiger partial charge on any atom is -0.481 e. The van der Waals surface area contributed by atoms with Crippen molar-refractivity contribution in [2.75, 3.05) is 17.2 Å². The van der Waals surface area contributed by atoms with Gasteiger partial charge in [0.15, 0.2) is 11.5 Å². The van der Waals surface area contributed by atoms with Crippen LogP contribution in [0.5, 0.6) is 11.6 Å². The number of carboxylic acids is 1. The zero-order chi connectivity index (χ0) is 66.2. The Morgan fingerprint density at radius 2 is 1.62 bits per heavy atom. The molecule has 2 aliphatic carbocycles. The molecule has 0 aliphatic heterocycles. The number of nitrogens with zero attached hydrogens (tertiary/aromatic N) is 8. The number of pyridine rings is 1. The minimum absolute atomic E-state index is 0.00160. The maximum Gasteiger partial charge on any atom is 0.530 e. The fraction of sp³-hybridized carbons (Fsp3) is 0.448. The summed E-state index contributed by atoms with van der Waals surface area (Å²) in [5, 5.41) is 19.9. The van der Waals surface area contributed by atoms with E-state index >= 15 is 27.2 Å². The number of aryl methyl sites for hydroxylation is 2. The van der Waals surface area contributed by atoms with Crippen LogP contribution < -0.4 is 24.4 Å². The van der Waals surface area contributed by atoms with Gasteiger partial charge in [-0.25, -0.2) is 44.3 Å². The van der Waals surface area contributed by atoms with E-state index in [9.17, 15) is 45.2 Å². The van der Waals surface area contributed by atoms with Gasteiger partial charge < -0.3 is 19.7 Å². The molecule has 4 aromatic heterocycles. The van der Waals surface area contributed by atoms with E-state index in [-0.39, 0.29) is 61.7 Å². The number of carboxylic acid groups (broad SMARTS) is 1. The first-order chi connectivity index (χ1) is 41.8. The molecule has 0 saturated heterocycles. The van der Waals surface area contributed by atoms with Crippen molar-refractivity contribution in [1.82, 2.24) is 39.4 Å². The maximum absolute atomic E-state index is 15.8. The molecule has 21 nitrogen and oxygen atoms in total. The zero-order valence-electron chi connectivity index (χ0n) is 49.9. The number of fused-ring (bicyclic) bond motifs is 5. The van der Waals surface area contributed by atoms with Gasteiger partial charge in [-0.05, 0) is 107 Å². The lowest BCUT2D eigenvalue weighted by atomic mass is 9.77. The lowest BCUT2D eigenvalue weighted by Gasteiger charge is -2.32.